The molecule has 3 N–H and O–H groups in total. The topological polar surface area (TPSA) is 87.7 Å². The number of aliphatic carboxylic acids is 1. The molecular weight excluding hydrogens is 260 g/mol. The standard InChI is InChI=1S/C14H26N2O4/c1-10(14(18)19)4-3-5-11(2)16-13(17)8-12-9-15-6-7-20-12/h10-12,15H,3-9H2,1-2H3,(H,16,17)(H,18,19). The highest BCUT2D eigenvalue weighted by atomic mass is 16.5. The van der Waals surface area contributed by atoms with Crippen molar-refractivity contribution in [1.82, 2.24) is 10.6 Å². The van der Waals surface area contributed by atoms with Gasteiger partial charge in [-0.3, -0.25) is 9.59 Å². The van der Waals surface area contributed by atoms with Crippen LogP contribution in [0, 0.1) is 5.92 Å². The van der Waals surface area contributed by atoms with Crippen molar-refractivity contribution in [3.05, 3.63) is 0 Å². The first kappa shape index (κ1) is 16.9. The van der Waals surface area contributed by atoms with Gasteiger partial charge in [0.15, 0.2) is 0 Å². The molecule has 1 heterocycles. The van der Waals surface area contributed by atoms with Crippen LogP contribution in [0.15, 0.2) is 0 Å². The molecule has 1 rings (SSSR count). The molecule has 0 radical (unpaired) electrons. The first-order valence-electron chi connectivity index (χ1n) is 7.33. The van der Waals surface area contributed by atoms with Crippen molar-refractivity contribution in [2.75, 3.05) is 19.7 Å². The van der Waals surface area contributed by atoms with Crippen molar-refractivity contribution >= 4 is 11.9 Å². The molecule has 1 amide bonds. The molecule has 0 spiro atoms. The van der Waals surface area contributed by atoms with E-state index in [0.29, 0.717) is 19.4 Å². The van der Waals surface area contributed by atoms with Gasteiger partial charge in [0.05, 0.1) is 25.0 Å². The van der Waals surface area contributed by atoms with E-state index in [1.54, 1.807) is 6.92 Å². The Kier molecular flexibility index (Phi) is 7.54. The van der Waals surface area contributed by atoms with Crippen LogP contribution in [0.5, 0.6) is 0 Å². The Balaban J connectivity index is 2.12. The minimum Gasteiger partial charge on any atom is -0.481 e. The Morgan fingerprint density at radius 3 is 2.75 bits per heavy atom. The summed E-state index contributed by atoms with van der Waals surface area (Å²) in [5, 5.41) is 14.9. The largest absolute Gasteiger partial charge is 0.481 e. The number of morpholine rings is 1. The summed E-state index contributed by atoms with van der Waals surface area (Å²) in [6, 6.07) is 0.0695. The van der Waals surface area contributed by atoms with Crippen molar-refractivity contribution < 1.29 is 19.4 Å². The van der Waals surface area contributed by atoms with E-state index in [9.17, 15) is 9.59 Å². The van der Waals surface area contributed by atoms with Gasteiger partial charge in [-0.25, -0.2) is 0 Å². The normalized spacial score (nSPS) is 22.0. The molecular formula is C14H26N2O4. The lowest BCUT2D eigenvalue weighted by Crippen LogP contribution is -2.42. The summed E-state index contributed by atoms with van der Waals surface area (Å²) >= 11 is 0. The SMILES string of the molecule is CC(CCCC(C)C(=O)O)NC(=O)CC1CNCCO1. The van der Waals surface area contributed by atoms with Gasteiger partial charge in [-0.05, 0) is 19.8 Å². The number of rotatable bonds is 8. The fourth-order valence-corrected chi connectivity index (χ4v) is 2.22. The van der Waals surface area contributed by atoms with E-state index in [1.165, 1.54) is 0 Å². The third kappa shape index (κ3) is 6.86. The van der Waals surface area contributed by atoms with Gasteiger partial charge in [-0.1, -0.05) is 13.3 Å². The van der Waals surface area contributed by atoms with E-state index in [0.717, 1.165) is 25.9 Å². The van der Waals surface area contributed by atoms with Crippen molar-refractivity contribution in [1.29, 1.82) is 0 Å². The maximum absolute atomic E-state index is 11.8. The number of hydrogen-bond acceptors (Lipinski definition) is 4. The zero-order valence-electron chi connectivity index (χ0n) is 12.4. The number of amides is 1. The average Bonchev–Trinajstić information content (AvgIpc) is 2.39. The van der Waals surface area contributed by atoms with Gasteiger partial charge in [-0.2, -0.15) is 0 Å². The molecule has 116 valence electrons. The summed E-state index contributed by atoms with van der Waals surface area (Å²) in [4.78, 5) is 22.5. The predicted octanol–water partition coefficient (Wildman–Crippen LogP) is 0.761. The molecule has 0 saturated carbocycles. The molecule has 6 nitrogen and oxygen atoms in total. The molecule has 1 aliphatic heterocycles. The van der Waals surface area contributed by atoms with Gasteiger partial charge in [0.1, 0.15) is 0 Å². The second-order valence-corrected chi connectivity index (χ2v) is 5.54. The molecule has 3 atom stereocenters. The third-order valence-corrected chi connectivity index (χ3v) is 3.52. The van der Waals surface area contributed by atoms with Crippen molar-refractivity contribution in [2.45, 2.75) is 51.7 Å². The molecule has 0 bridgehead atoms. The van der Waals surface area contributed by atoms with Gasteiger partial charge in [0, 0.05) is 19.1 Å². The van der Waals surface area contributed by atoms with Gasteiger partial charge in [0.2, 0.25) is 5.91 Å². The number of nitrogens with one attached hydrogen (secondary N) is 2. The van der Waals surface area contributed by atoms with E-state index in [2.05, 4.69) is 10.6 Å². The van der Waals surface area contributed by atoms with Crippen LogP contribution in [0.25, 0.3) is 0 Å². The van der Waals surface area contributed by atoms with Gasteiger partial charge >= 0.3 is 5.97 Å². The fourth-order valence-electron chi connectivity index (χ4n) is 2.22. The highest BCUT2D eigenvalue weighted by Crippen LogP contribution is 2.10. The maximum Gasteiger partial charge on any atom is 0.306 e. The lowest BCUT2D eigenvalue weighted by Gasteiger charge is -2.24. The summed E-state index contributed by atoms with van der Waals surface area (Å²) in [5.41, 5.74) is 0. The van der Waals surface area contributed by atoms with Gasteiger partial charge < -0.3 is 20.5 Å². The molecule has 1 saturated heterocycles. The van der Waals surface area contributed by atoms with E-state index in [-0.39, 0.29) is 24.0 Å². The first-order valence-corrected chi connectivity index (χ1v) is 7.33. The summed E-state index contributed by atoms with van der Waals surface area (Å²) in [6.07, 6.45) is 2.58. The van der Waals surface area contributed by atoms with E-state index >= 15 is 0 Å². The van der Waals surface area contributed by atoms with Crippen molar-refractivity contribution in [3.63, 3.8) is 0 Å². The molecule has 6 heteroatoms. The molecule has 0 aromatic heterocycles. The zero-order valence-corrected chi connectivity index (χ0v) is 12.4. The predicted molar refractivity (Wildman–Crippen MR) is 75.5 cm³/mol. The second kappa shape index (κ2) is 8.92. The summed E-state index contributed by atoms with van der Waals surface area (Å²) in [6.45, 7) is 5.87. The van der Waals surface area contributed by atoms with Crippen LogP contribution in [0.2, 0.25) is 0 Å². The molecule has 0 aliphatic carbocycles. The summed E-state index contributed by atoms with van der Waals surface area (Å²) < 4.78 is 5.48. The Morgan fingerprint density at radius 1 is 1.40 bits per heavy atom. The fraction of sp³-hybridized carbons (Fsp3) is 0.857. The number of carbonyl (C=O) groups is 2. The quantitative estimate of drug-likeness (QED) is 0.613. The zero-order chi connectivity index (χ0) is 15.0. The van der Waals surface area contributed by atoms with Crippen LogP contribution in [-0.2, 0) is 14.3 Å². The highest BCUT2D eigenvalue weighted by molar-refractivity contribution is 5.76. The van der Waals surface area contributed by atoms with Crippen LogP contribution in [0.3, 0.4) is 0 Å². The smallest absolute Gasteiger partial charge is 0.306 e. The molecule has 3 unspecified atom stereocenters. The summed E-state index contributed by atoms with van der Waals surface area (Å²) in [7, 11) is 0. The number of hydrogen-bond donors (Lipinski definition) is 3. The number of carbonyl (C=O) groups excluding carboxylic acids is 1. The van der Waals surface area contributed by atoms with E-state index in [1.807, 2.05) is 6.92 Å². The Labute approximate surface area is 120 Å². The highest BCUT2D eigenvalue weighted by Gasteiger charge is 2.18. The molecule has 20 heavy (non-hydrogen) atoms. The summed E-state index contributed by atoms with van der Waals surface area (Å²) in [5.74, 6) is -1.08. The first-order chi connectivity index (χ1) is 9.49. The monoisotopic (exact) mass is 286 g/mol. The lowest BCUT2D eigenvalue weighted by atomic mass is 10.0. The van der Waals surface area contributed by atoms with Gasteiger partial charge in [0.25, 0.3) is 0 Å². The number of ether oxygens (including phenoxy) is 1. The van der Waals surface area contributed by atoms with Crippen LogP contribution >= 0.6 is 0 Å². The van der Waals surface area contributed by atoms with Crippen molar-refractivity contribution in [3.8, 4) is 0 Å². The van der Waals surface area contributed by atoms with E-state index < -0.39 is 5.97 Å². The maximum atomic E-state index is 11.8. The Morgan fingerprint density at radius 2 is 2.15 bits per heavy atom. The Bertz CT molecular complexity index is 316. The minimum atomic E-state index is -0.761. The van der Waals surface area contributed by atoms with Crippen LogP contribution < -0.4 is 10.6 Å². The number of carboxylic acid groups (broad SMARTS) is 1. The van der Waals surface area contributed by atoms with Crippen LogP contribution in [0.4, 0.5) is 0 Å². The van der Waals surface area contributed by atoms with E-state index in [4.69, 9.17) is 9.84 Å². The van der Waals surface area contributed by atoms with Crippen molar-refractivity contribution in [2.24, 2.45) is 5.92 Å². The van der Waals surface area contributed by atoms with Gasteiger partial charge in [-0.15, -0.1) is 0 Å². The molecule has 0 aromatic rings. The molecule has 1 fully saturated rings. The van der Waals surface area contributed by atoms with Crippen LogP contribution in [0.1, 0.15) is 39.5 Å². The molecule has 1 aliphatic rings. The van der Waals surface area contributed by atoms with Crippen LogP contribution in [-0.4, -0.2) is 48.8 Å². The average molecular weight is 286 g/mol. The second-order valence-electron chi connectivity index (χ2n) is 5.54. The minimum absolute atomic E-state index is 0.00233. The Hall–Kier alpha value is -1.14. The number of carboxylic acids is 1. The molecule has 0 aromatic carbocycles. The lowest BCUT2D eigenvalue weighted by molar-refractivity contribution is -0.141. The third-order valence-electron chi connectivity index (χ3n) is 3.52.